The number of piperidine rings is 1. The fraction of sp³-hybridized carbons (Fsp3) is 0.500. The molecule has 5 nitrogen and oxygen atoms in total. The maximum absolute atomic E-state index is 12.7. The van der Waals surface area contributed by atoms with Crippen molar-refractivity contribution in [2.45, 2.75) is 37.4 Å². The molecule has 140 valence electrons. The van der Waals surface area contributed by atoms with E-state index < -0.39 is 0 Å². The number of thiophene rings is 1. The Morgan fingerprint density at radius 2 is 2.23 bits per heavy atom. The van der Waals surface area contributed by atoms with Gasteiger partial charge in [-0.05, 0) is 43.1 Å². The summed E-state index contributed by atoms with van der Waals surface area (Å²) in [6.45, 7) is 4.72. The van der Waals surface area contributed by atoms with Gasteiger partial charge in [-0.1, -0.05) is 42.8 Å². The van der Waals surface area contributed by atoms with E-state index in [1.54, 1.807) is 11.3 Å². The largest absolute Gasteiger partial charge is 0.349 e. The Balaban J connectivity index is 1.70. The zero-order valence-corrected chi connectivity index (χ0v) is 17.2. The van der Waals surface area contributed by atoms with Crippen molar-refractivity contribution in [3.63, 3.8) is 0 Å². The highest BCUT2D eigenvalue weighted by atomic mass is 35.5. The van der Waals surface area contributed by atoms with Crippen LogP contribution in [0.15, 0.2) is 28.9 Å². The minimum atomic E-state index is -0.242. The number of amides is 1. The number of carbonyl (C=O) groups excluding carboxylic acids is 1. The minimum Gasteiger partial charge on any atom is -0.349 e. The van der Waals surface area contributed by atoms with Crippen LogP contribution in [0.5, 0.6) is 0 Å². The number of aromatic nitrogens is 2. The molecule has 2 aromatic heterocycles. The quantitative estimate of drug-likeness (QED) is 0.545. The third-order valence-corrected chi connectivity index (χ3v) is 6.36. The van der Waals surface area contributed by atoms with Gasteiger partial charge in [0.2, 0.25) is 0 Å². The average Bonchev–Trinajstić information content (AvgIpc) is 3.19. The van der Waals surface area contributed by atoms with Crippen molar-refractivity contribution in [2.24, 2.45) is 0 Å². The maximum Gasteiger partial charge on any atom is 0.271 e. The van der Waals surface area contributed by atoms with Crippen molar-refractivity contribution >= 4 is 40.6 Å². The smallest absolute Gasteiger partial charge is 0.271 e. The fourth-order valence-electron chi connectivity index (χ4n) is 3.10. The normalized spacial score (nSPS) is 16.4. The standard InChI is InChI=1S/C18H23ClN4OS2/c1-2-25-18-21-11-13(19)16(22-18)17(24)20-12-14(15-7-6-10-26-15)23-8-4-3-5-9-23/h6-7,10-11,14H,2-5,8-9,12H2,1H3,(H,20,24)/t14-/m0/s1. The molecule has 0 saturated carbocycles. The highest BCUT2D eigenvalue weighted by Gasteiger charge is 2.24. The average molecular weight is 411 g/mol. The van der Waals surface area contributed by atoms with E-state index in [-0.39, 0.29) is 22.7 Å². The molecule has 8 heteroatoms. The number of rotatable bonds is 7. The summed E-state index contributed by atoms with van der Waals surface area (Å²) in [5, 5.41) is 5.99. The predicted octanol–water partition coefficient (Wildman–Crippen LogP) is 4.26. The Morgan fingerprint density at radius 1 is 1.42 bits per heavy atom. The van der Waals surface area contributed by atoms with Crippen LogP contribution < -0.4 is 5.32 Å². The summed E-state index contributed by atoms with van der Waals surface area (Å²) in [6, 6.07) is 4.40. The van der Waals surface area contributed by atoms with Gasteiger partial charge in [0.25, 0.3) is 5.91 Å². The first kappa shape index (κ1) is 19.6. The van der Waals surface area contributed by atoms with E-state index in [9.17, 15) is 4.79 Å². The zero-order valence-electron chi connectivity index (χ0n) is 14.8. The first-order valence-corrected chi connectivity index (χ1v) is 11.1. The van der Waals surface area contributed by atoms with Crippen molar-refractivity contribution in [1.82, 2.24) is 20.2 Å². The van der Waals surface area contributed by atoms with E-state index in [0.717, 1.165) is 18.8 Å². The van der Waals surface area contributed by atoms with Crippen molar-refractivity contribution in [2.75, 3.05) is 25.4 Å². The van der Waals surface area contributed by atoms with Crippen LogP contribution in [0.25, 0.3) is 0 Å². The van der Waals surface area contributed by atoms with E-state index in [1.165, 1.54) is 42.1 Å². The Morgan fingerprint density at radius 3 is 2.92 bits per heavy atom. The summed E-state index contributed by atoms with van der Waals surface area (Å²) >= 11 is 9.38. The molecule has 1 aliphatic rings. The van der Waals surface area contributed by atoms with Gasteiger partial charge in [0.1, 0.15) is 0 Å². The van der Waals surface area contributed by atoms with Crippen LogP contribution in [0, 0.1) is 0 Å². The van der Waals surface area contributed by atoms with E-state index in [2.05, 4.69) is 37.7 Å². The fourth-order valence-corrected chi connectivity index (χ4v) is 4.68. The number of thioether (sulfide) groups is 1. The molecule has 0 bridgehead atoms. The lowest BCUT2D eigenvalue weighted by molar-refractivity contribution is 0.0920. The number of likely N-dealkylation sites (tertiary alicyclic amines) is 1. The molecule has 1 fully saturated rings. The summed E-state index contributed by atoms with van der Waals surface area (Å²) in [5.74, 6) is 0.604. The lowest BCUT2D eigenvalue weighted by atomic mass is 10.1. The summed E-state index contributed by atoms with van der Waals surface area (Å²) in [6.07, 6.45) is 5.22. The molecule has 2 aromatic rings. The molecule has 1 atom stereocenters. The van der Waals surface area contributed by atoms with Gasteiger partial charge in [-0.2, -0.15) is 0 Å². The highest BCUT2D eigenvalue weighted by molar-refractivity contribution is 7.99. The molecule has 1 amide bonds. The van der Waals surface area contributed by atoms with Crippen molar-refractivity contribution < 1.29 is 4.79 Å². The van der Waals surface area contributed by atoms with Crippen LogP contribution in [-0.4, -0.2) is 46.2 Å². The van der Waals surface area contributed by atoms with Crippen LogP contribution >= 0.6 is 34.7 Å². The SMILES string of the molecule is CCSc1ncc(Cl)c(C(=O)NC[C@@H](c2cccs2)N2CCCCC2)n1. The molecule has 0 unspecified atom stereocenters. The third kappa shape index (κ3) is 4.97. The molecular formula is C18H23ClN4OS2. The van der Waals surface area contributed by atoms with Gasteiger partial charge in [0.15, 0.2) is 10.9 Å². The lowest BCUT2D eigenvalue weighted by Crippen LogP contribution is -2.40. The topological polar surface area (TPSA) is 58.1 Å². The number of nitrogens with zero attached hydrogens (tertiary/aromatic N) is 3. The first-order chi connectivity index (χ1) is 12.7. The van der Waals surface area contributed by atoms with Gasteiger partial charge in [0, 0.05) is 11.4 Å². The summed E-state index contributed by atoms with van der Waals surface area (Å²) < 4.78 is 0. The van der Waals surface area contributed by atoms with Gasteiger partial charge in [-0.3, -0.25) is 9.69 Å². The number of hydrogen-bond acceptors (Lipinski definition) is 6. The van der Waals surface area contributed by atoms with Gasteiger partial charge in [-0.15, -0.1) is 11.3 Å². The van der Waals surface area contributed by atoms with E-state index in [0.29, 0.717) is 11.7 Å². The number of carbonyl (C=O) groups is 1. The van der Waals surface area contributed by atoms with Gasteiger partial charge < -0.3 is 5.32 Å². The van der Waals surface area contributed by atoms with Gasteiger partial charge >= 0.3 is 0 Å². The molecule has 0 aliphatic carbocycles. The zero-order chi connectivity index (χ0) is 18.4. The highest BCUT2D eigenvalue weighted by Crippen LogP contribution is 2.27. The van der Waals surface area contributed by atoms with Gasteiger partial charge in [0.05, 0.1) is 17.3 Å². The second kappa shape index (κ2) is 9.69. The van der Waals surface area contributed by atoms with E-state index in [4.69, 9.17) is 11.6 Å². The number of nitrogens with one attached hydrogen (secondary N) is 1. The predicted molar refractivity (Wildman–Crippen MR) is 108 cm³/mol. The van der Waals surface area contributed by atoms with Crippen molar-refractivity contribution in [1.29, 1.82) is 0 Å². The van der Waals surface area contributed by atoms with Crippen LogP contribution in [0.4, 0.5) is 0 Å². The minimum absolute atomic E-state index is 0.198. The van der Waals surface area contributed by atoms with Gasteiger partial charge in [-0.25, -0.2) is 9.97 Å². The van der Waals surface area contributed by atoms with Crippen LogP contribution in [0.1, 0.15) is 47.6 Å². The van der Waals surface area contributed by atoms with Crippen LogP contribution in [0.3, 0.4) is 0 Å². The maximum atomic E-state index is 12.7. The Labute approximate surface area is 167 Å². The molecule has 1 saturated heterocycles. The summed E-state index contributed by atoms with van der Waals surface area (Å²) in [7, 11) is 0. The second-order valence-corrected chi connectivity index (χ2v) is 8.74. The lowest BCUT2D eigenvalue weighted by Gasteiger charge is -2.34. The van der Waals surface area contributed by atoms with Crippen LogP contribution in [0.2, 0.25) is 5.02 Å². The number of hydrogen-bond donors (Lipinski definition) is 1. The molecule has 1 N–H and O–H groups in total. The Kier molecular flexibility index (Phi) is 7.31. The van der Waals surface area contributed by atoms with Crippen molar-refractivity contribution in [3.05, 3.63) is 39.3 Å². The van der Waals surface area contributed by atoms with E-state index in [1.807, 2.05) is 6.92 Å². The molecule has 26 heavy (non-hydrogen) atoms. The molecule has 3 rings (SSSR count). The summed E-state index contributed by atoms with van der Waals surface area (Å²) in [4.78, 5) is 24.9. The Hall–Kier alpha value is -1.15. The molecule has 0 radical (unpaired) electrons. The molecule has 3 heterocycles. The monoisotopic (exact) mass is 410 g/mol. The Bertz CT molecular complexity index is 720. The van der Waals surface area contributed by atoms with E-state index >= 15 is 0 Å². The summed E-state index contributed by atoms with van der Waals surface area (Å²) in [5.41, 5.74) is 0.251. The number of halogens is 1. The first-order valence-electron chi connectivity index (χ1n) is 8.90. The van der Waals surface area contributed by atoms with Crippen molar-refractivity contribution in [3.8, 4) is 0 Å². The molecule has 1 aliphatic heterocycles. The third-order valence-electron chi connectivity index (χ3n) is 4.37. The van der Waals surface area contributed by atoms with Crippen LogP contribution in [-0.2, 0) is 0 Å². The molecule has 0 spiro atoms. The molecule has 0 aromatic carbocycles. The second-order valence-electron chi connectivity index (χ2n) is 6.12. The molecular weight excluding hydrogens is 388 g/mol.